The Hall–Kier alpha value is -1.82. The highest BCUT2D eigenvalue weighted by atomic mass is 32.2. The van der Waals surface area contributed by atoms with Crippen LogP contribution in [-0.4, -0.2) is 48.3 Å². The molecule has 1 N–H and O–H groups in total. The lowest BCUT2D eigenvalue weighted by Crippen LogP contribution is -2.44. The molecule has 2 fully saturated rings. The second-order valence-corrected chi connectivity index (χ2v) is 9.37. The van der Waals surface area contributed by atoms with Crippen LogP contribution >= 0.6 is 0 Å². The zero-order chi connectivity index (χ0) is 16.9. The quantitative estimate of drug-likeness (QED) is 0.908. The Morgan fingerprint density at radius 1 is 1.25 bits per heavy atom. The van der Waals surface area contributed by atoms with Gasteiger partial charge in [0, 0.05) is 23.5 Å². The number of carbonyl (C=O) groups excluding carboxylic acids is 1. The number of aromatic amines is 1. The van der Waals surface area contributed by atoms with Crippen molar-refractivity contribution in [2.75, 3.05) is 18.1 Å². The van der Waals surface area contributed by atoms with Crippen LogP contribution in [0.1, 0.15) is 35.3 Å². The van der Waals surface area contributed by atoms with Crippen LogP contribution in [0.4, 0.5) is 0 Å². The third-order valence-corrected chi connectivity index (χ3v) is 6.87. The molecular weight excluding hydrogens is 324 g/mol. The number of nitrogens with one attached hydrogen (secondary N) is 1. The number of aryl methyl sites for hydroxylation is 1. The Kier molecular flexibility index (Phi) is 3.67. The third-order valence-electron chi connectivity index (χ3n) is 5.11. The van der Waals surface area contributed by atoms with Crippen molar-refractivity contribution in [1.82, 2.24) is 9.88 Å². The summed E-state index contributed by atoms with van der Waals surface area (Å²) in [7, 11) is -3.06. The van der Waals surface area contributed by atoms with Gasteiger partial charge in [0.1, 0.15) is 5.69 Å². The maximum absolute atomic E-state index is 13.1. The first-order valence-electron chi connectivity index (χ1n) is 8.54. The fourth-order valence-electron chi connectivity index (χ4n) is 3.70. The predicted octanol–water partition coefficient (Wildman–Crippen LogP) is 2.52. The Morgan fingerprint density at radius 3 is 2.79 bits per heavy atom. The Balaban J connectivity index is 1.67. The van der Waals surface area contributed by atoms with E-state index in [4.69, 9.17) is 0 Å². The van der Waals surface area contributed by atoms with Crippen LogP contribution in [0.2, 0.25) is 0 Å². The maximum Gasteiger partial charge on any atom is 0.270 e. The second-order valence-electron chi connectivity index (χ2n) is 7.14. The molecule has 1 aromatic heterocycles. The predicted molar refractivity (Wildman–Crippen MR) is 93.9 cm³/mol. The van der Waals surface area contributed by atoms with Gasteiger partial charge in [-0.3, -0.25) is 4.79 Å². The first-order chi connectivity index (χ1) is 11.4. The highest BCUT2D eigenvalue weighted by molar-refractivity contribution is 7.91. The number of aromatic nitrogens is 1. The smallest absolute Gasteiger partial charge is 0.270 e. The van der Waals surface area contributed by atoms with Crippen molar-refractivity contribution < 1.29 is 13.2 Å². The van der Waals surface area contributed by atoms with Crippen LogP contribution in [0.3, 0.4) is 0 Å². The van der Waals surface area contributed by atoms with Crippen molar-refractivity contribution in [1.29, 1.82) is 0 Å². The van der Waals surface area contributed by atoms with Gasteiger partial charge in [-0.2, -0.15) is 0 Å². The molecule has 1 aliphatic heterocycles. The highest BCUT2D eigenvalue weighted by Crippen LogP contribution is 2.37. The Morgan fingerprint density at radius 2 is 2.04 bits per heavy atom. The van der Waals surface area contributed by atoms with Gasteiger partial charge < -0.3 is 9.88 Å². The number of benzene rings is 1. The van der Waals surface area contributed by atoms with E-state index in [2.05, 4.69) is 4.98 Å². The molecule has 24 heavy (non-hydrogen) atoms. The van der Waals surface area contributed by atoms with Gasteiger partial charge in [0.15, 0.2) is 9.84 Å². The maximum atomic E-state index is 13.1. The van der Waals surface area contributed by atoms with Crippen molar-refractivity contribution in [2.45, 2.75) is 32.2 Å². The molecule has 2 heterocycles. The van der Waals surface area contributed by atoms with E-state index in [1.54, 1.807) is 4.90 Å². The molecule has 0 bridgehead atoms. The minimum absolute atomic E-state index is 0.0714. The largest absolute Gasteiger partial charge is 0.351 e. The van der Waals surface area contributed by atoms with Gasteiger partial charge in [-0.15, -0.1) is 0 Å². The first-order valence-corrected chi connectivity index (χ1v) is 10.4. The topological polar surface area (TPSA) is 70.2 Å². The number of hydrogen-bond donors (Lipinski definition) is 1. The lowest BCUT2D eigenvalue weighted by molar-refractivity contribution is 0.0675. The van der Waals surface area contributed by atoms with Crippen molar-refractivity contribution in [3.8, 4) is 0 Å². The van der Waals surface area contributed by atoms with Gasteiger partial charge in [-0.05, 0) is 50.3 Å². The summed E-state index contributed by atoms with van der Waals surface area (Å²) in [5, 5.41) is 1.02. The van der Waals surface area contributed by atoms with Crippen molar-refractivity contribution >= 4 is 26.6 Å². The SMILES string of the molecule is Cc1ccc2[nH]c(C(=O)N3CCCS(=O)(=O)CC3C3CC3)cc2c1. The van der Waals surface area contributed by atoms with E-state index in [0.29, 0.717) is 24.6 Å². The average Bonchev–Trinajstić information content (AvgIpc) is 3.29. The van der Waals surface area contributed by atoms with E-state index in [1.807, 2.05) is 31.2 Å². The fraction of sp³-hybridized carbons (Fsp3) is 0.500. The summed E-state index contributed by atoms with van der Waals surface area (Å²) in [6.07, 6.45) is 2.57. The third kappa shape index (κ3) is 2.95. The van der Waals surface area contributed by atoms with Crippen molar-refractivity contribution in [3.63, 3.8) is 0 Å². The molecule has 128 valence electrons. The van der Waals surface area contributed by atoms with E-state index in [0.717, 1.165) is 29.3 Å². The molecule has 5 nitrogen and oxygen atoms in total. The number of fused-ring (bicyclic) bond motifs is 1. The van der Waals surface area contributed by atoms with Gasteiger partial charge in [-0.25, -0.2) is 8.42 Å². The number of rotatable bonds is 2. The minimum atomic E-state index is -3.06. The lowest BCUT2D eigenvalue weighted by atomic mass is 10.1. The molecule has 1 saturated carbocycles. The number of sulfone groups is 1. The van der Waals surface area contributed by atoms with Crippen LogP contribution < -0.4 is 0 Å². The summed E-state index contributed by atoms with van der Waals surface area (Å²) in [5.41, 5.74) is 2.65. The summed E-state index contributed by atoms with van der Waals surface area (Å²) < 4.78 is 24.3. The number of H-pyrrole nitrogens is 1. The van der Waals surface area contributed by atoms with E-state index in [-0.39, 0.29) is 23.5 Å². The van der Waals surface area contributed by atoms with Crippen LogP contribution in [0, 0.1) is 12.8 Å². The van der Waals surface area contributed by atoms with E-state index >= 15 is 0 Å². The molecule has 4 rings (SSSR count). The first kappa shape index (κ1) is 15.7. The zero-order valence-corrected chi connectivity index (χ0v) is 14.6. The summed E-state index contributed by atoms with van der Waals surface area (Å²) in [5.74, 6) is 0.570. The number of nitrogens with zero attached hydrogens (tertiary/aromatic N) is 1. The fourth-order valence-corrected chi connectivity index (χ4v) is 5.41. The van der Waals surface area contributed by atoms with Gasteiger partial charge in [0.05, 0.1) is 11.5 Å². The van der Waals surface area contributed by atoms with Gasteiger partial charge in [-0.1, -0.05) is 11.6 Å². The number of amides is 1. The van der Waals surface area contributed by atoms with E-state index in [1.165, 1.54) is 0 Å². The summed E-state index contributed by atoms with van der Waals surface area (Å²) in [6, 6.07) is 7.76. The molecule has 2 aliphatic rings. The van der Waals surface area contributed by atoms with Gasteiger partial charge in [0.25, 0.3) is 5.91 Å². The monoisotopic (exact) mass is 346 g/mol. The van der Waals surface area contributed by atoms with Crippen LogP contribution in [0.25, 0.3) is 10.9 Å². The van der Waals surface area contributed by atoms with E-state index < -0.39 is 9.84 Å². The Labute approximate surface area is 142 Å². The summed E-state index contributed by atoms with van der Waals surface area (Å²) in [6.45, 7) is 2.55. The molecule has 1 amide bonds. The summed E-state index contributed by atoms with van der Waals surface area (Å²) >= 11 is 0. The molecule has 1 aromatic carbocycles. The molecule has 1 atom stereocenters. The summed E-state index contributed by atoms with van der Waals surface area (Å²) in [4.78, 5) is 18.1. The van der Waals surface area contributed by atoms with Crippen LogP contribution in [0.15, 0.2) is 24.3 Å². The van der Waals surface area contributed by atoms with E-state index in [9.17, 15) is 13.2 Å². The number of carbonyl (C=O) groups is 1. The minimum Gasteiger partial charge on any atom is -0.351 e. The molecule has 2 aromatic rings. The normalized spacial score (nSPS) is 24.0. The van der Waals surface area contributed by atoms with Gasteiger partial charge in [0.2, 0.25) is 0 Å². The zero-order valence-electron chi connectivity index (χ0n) is 13.8. The van der Waals surface area contributed by atoms with Crippen molar-refractivity contribution in [3.05, 3.63) is 35.5 Å². The highest BCUT2D eigenvalue weighted by Gasteiger charge is 2.41. The molecule has 6 heteroatoms. The standard InChI is InChI=1S/C18H22N2O3S/c1-12-3-6-15-14(9-12)10-16(19-15)18(21)20-7-2-8-24(22,23)11-17(20)13-4-5-13/h3,6,9-10,13,17,19H,2,4-5,7-8,11H2,1H3. The second kappa shape index (κ2) is 5.62. The van der Waals surface area contributed by atoms with Crippen molar-refractivity contribution in [2.24, 2.45) is 5.92 Å². The molecule has 1 saturated heterocycles. The average molecular weight is 346 g/mol. The molecule has 1 aliphatic carbocycles. The van der Waals surface area contributed by atoms with Crippen LogP contribution in [-0.2, 0) is 9.84 Å². The lowest BCUT2D eigenvalue weighted by Gasteiger charge is -2.29. The Bertz CT molecular complexity index is 896. The molecule has 0 spiro atoms. The van der Waals surface area contributed by atoms with Gasteiger partial charge >= 0.3 is 0 Å². The number of hydrogen-bond acceptors (Lipinski definition) is 3. The molecular formula is C18H22N2O3S. The van der Waals surface area contributed by atoms with Crippen LogP contribution in [0.5, 0.6) is 0 Å². The molecule has 0 radical (unpaired) electrons. The molecule has 1 unspecified atom stereocenters.